The van der Waals surface area contributed by atoms with Crippen LogP contribution in [-0.4, -0.2) is 0 Å². The van der Waals surface area contributed by atoms with Crippen molar-refractivity contribution >= 4 is 0 Å². The Morgan fingerprint density at radius 3 is 0.200 bits per heavy atom. The van der Waals surface area contributed by atoms with Crippen molar-refractivity contribution < 1.29 is 28.2 Å². The third-order valence-electron chi connectivity index (χ3n) is 0. The molecule has 4 nitrogen and oxygen atoms in total. The summed E-state index contributed by atoms with van der Waals surface area (Å²) in [5, 5.41) is 0. The van der Waals surface area contributed by atoms with Crippen LogP contribution in [0.5, 0.6) is 0 Å². The van der Waals surface area contributed by atoms with Gasteiger partial charge in [-0.05, 0) is 0 Å². The van der Waals surface area contributed by atoms with Gasteiger partial charge in [-0.15, -0.1) is 0 Å². The molecule has 0 aromatic heterocycles. The maximum atomic E-state index is 0. The van der Waals surface area contributed by atoms with Crippen LogP contribution in [0.4, 0.5) is 28.2 Å². The van der Waals surface area contributed by atoms with Crippen LogP contribution in [0.25, 0.3) is 0 Å². The molecule has 0 radical (unpaired) electrons. The first-order chi connectivity index (χ1) is 0. The summed E-state index contributed by atoms with van der Waals surface area (Å²) >= 11 is 0. The minimum absolute atomic E-state index is 0. The molecule has 0 rings (SSSR count). The Morgan fingerprint density at radius 2 is 0.200 bits per heavy atom. The Labute approximate surface area is 54.3 Å². The van der Waals surface area contributed by atoms with Crippen LogP contribution in [0.15, 0.2) is 0 Å². The van der Waals surface area contributed by atoms with Crippen LogP contribution in [0.2, 0.25) is 0 Å². The van der Waals surface area contributed by atoms with Gasteiger partial charge < -0.3 is 24.6 Å². The first-order valence-electron chi connectivity index (χ1n) is 0. The van der Waals surface area contributed by atoms with Gasteiger partial charge >= 0.3 is 0 Å². The summed E-state index contributed by atoms with van der Waals surface area (Å²) in [6, 6.07) is 0. The van der Waals surface area contributed by atoms with E-state index in [0.717, 1.165) is 0 Å². The average Bonchev–Trinajstić information content (AvgIpc) is 0. The molecule has 0 aliphatic rings. The van der Waals surface area contributed by atoms with Gasteiger partial charge in [-0.2, -0.15) is 0 Å². The zero-order valence-corrected chi connectivity index (χ0v) is 5.28. The van der Waals surface area contributed by atoms with Crippen LogP contribution >= 0.6 is 0 Å². The van der Waals surface area contributed by atoms with Crippen molar-refractivity contribution in [1.29, 1.82) is 0 Å². The van der Waals surface area contributed by atoms with Gasteiger partial charge in [-0.3, -0.25) is 28.2 Å². The molecular formula is H18F6N4. The Kier molecular flexibility index (Phi) is 274000. The van der Waals surface area contributed by atoms with Gasteiger partial charge in [0.15, 0.2) is 0 Å². The highest BCUT2D eigenvalue weighted by Gasteiger charge is -0.263. The summed E-state index contributed by atoms with van der Waals surface area (Å²) in [4.78, 5) is 0. The van der Waals surface area contributed by atoms with Crippen molar-refractivity contribution in [1.82, 2.24) is 24.6 Å². The zero-order chi connectivity index (χ0) is 0. The van der Waals surface area contributed by atoms with Gasteiger partial charge in [0.05, 0.1) is 0 Å². The standard InChI is InChI=1S/6FH.4H3N/h6*1H;4*1H3. The number of hydrogen-bond acceptors (Lipinski definition) is 4. The average molecular weight is 188 g/mol. The molecule has 10 heteroatoms. The lowest BCUT2D eigenvalue weighted by atomic mass is 14.0. The van der Waals surface area contributed by atoms with Crippen LogP contribution in [0.1, 0.15) is 0 Å². The van der Waals surface area contributed by atoms with E-state index in [4.69, 9.17) is 0 Å². The van der Waals surface area contributed by atoms with Gasteiger partial charge in [-0.25, -0.2) is 0 Å². The van der Waals surface area contributed by atoms with Crippen LogP contribution in [0, 0.1) is 0 Å². The fourth-order valence-corrected chi connectivity index (χ4v) is 0. The highest BCUT2D eigenvalue weighted by atomic mass is 19.0. The van der Waals surface area contributed by atoms with Crippen LogP contribution in [0.3, 0.4) is 0 Å². The van der Waals surface area contributed by atoms with Crippen molar-refractivity contribution in [2.45, 2.75) is 0 Å². The molecule has 0 atom stereocenters. The summed E-state index contributed by atoms with van der Waals surface area (Å²) < 4.78 is 0. The first kappa shape index (κ1) is 1990. The normalized spacial score (nSPS) is 0. The first-order valence-corrected chi connectivity index (χ1v) is 0. The molecule has 0 unspecified atom stereocenters. The lowest BCUT2D eigenvalue weighted by Gasteiger charge is -0.345. The van der Waals surface area contributed by atoms with E-state index >= 15 is 0 Å². The maximum absolute atomic E-state index is 0. The van der Waals surface area contributed by atoms with Gasteiger partial charge in [0.2, 0.25) is 0 Å². The van der Waals surface area contributed by atoms with E-state index in [9.17, 15) is 0 Å². The zero-order valence-electron chi connectivity index (χ0n) is 5.28. The lowest BCUT2D eigenvalue weighted by molar-refractivity contribution is 1.11. The van der Waals surface area contributed by atoms with E-state index in [2.05, 4.69) is 0 Å². The SMILES string of the molecule is F.F.F.F.F.F.N.N.N.N. The highest BCUT2D eigenvalue weighted by Crippen LogP contribution is 0.425. The largest absolute Gasteiger partial charge is 0.344 e. The smallest absolute Gasteiger partial charge is 0.269 e. The molecule has 0 saturated carbocycles. The molecule has 0 bridgehead atoms. The molecule has 0 spiro atoms. The van der Waals surface area contributed by atoms with E-state index in [1.165, 1.54) is 0 Å². The molecule has 0 heterocycles. The number of halogens is 6. The molecule has 0 aromatic rings. The van der Waals surface area contributed by atoms with E-state index in [-0.39, 0.29) is 52.8 Å². The minimum Gasteiger partial charge on any atom is -0.344 e. The third kappa shape index (κ3) is 909. The van der Waals surface area contributed by atoms with Gasteiger partial charge in [0.25, 0.3) is 0 Å². The topological polar surface area (TPSA) is 140 Å². The minimum atomic E-state index is 0. The summed E-state index contributed by atoms with van der Waals surface area (Å²) in [6.45, 7) is 0. The third-order valence-corrected chi connectivity index (χ3v) is 0. The molecule has 0 amide bonds. The molecule has 0 aliphatic carbocycles. The summed E-state index contributed by atoms with van der Waals surface area (Å²) in [5.41, 5.74) is 0. The van der Waals surface area contributed by atoms with Crippen molar-refractivity contribution in [3.05, 3.63) is 0 Å². The van der Waals surface area contributed by atoms with Crippen LogP contribution in [-0.2, 0) is 0 Å². The fraction of sp³-hybridized carbons (Fsp3) is 0. The van der Waals surface area contributed by atoms with Gasteiger partial charge in [0, 0.05) is 0 Å². The Hall–Kier alpha value is -0.580. The molecule has 12 N–H and O–H groups in total. The molecule has 10 heavy (non-hydrogen) atoms. The Balaban J connectivity index is 0. The Morgan fingerprint density at radius 1 is 0.200 bits per heavy atom. The van der Waals surface area contributed by atoms with Crippen LogP contribution < -0.4 is 24.6 Å². The van der Waals surface area contributed by atoms with Crippen molar-refractivity contribution in [3.8, 4) is 0 Å². The van der Waals surface area contributed by atoms with Gasteiger partial charge in [0.1, 0.15) is 0 Å². The molecule has 0 aromatic carbocycles. The van der Waals surface area contributed by atoms with E-state index < -0.39 is 0 Å². The van der Waals surface area contributed by atoms with Crippen molar-refractivity contribution in [2.75, 3.05) is 0 Å². The predicted octanol–water partition coefficient (Wildman–Crippen LogP) is 1.56. The van der Waals surface area contributed by atoms with E-state index in [1.54, 1.807) is 0 Å². The van der Waals surface area contributed by atoms with Gasteiger partial charge in [-0.1, -0.05) is 0 Å². The van der Waals surface area contributed by atoms with Crippen molar-refractivity contribution in [3.63, 3.8) is 0 Å². The second kappa shape index (κ2) is 1380. The molecular weight excluding hydrogens is 170 g/mol. The fourth-order valence-electron chi connectivity index (χ4n) is 0. The Bertz CT molecular complexity index is 9.71. The second-order valence-electron chi connectivity index (χ2n) is 0. The highest BCUT2D eigenvalue weighted by molar-refractivity contribution is 2.14. The summed E-state index contributed by atoms with van der Waals surface area (Å²) in [5.74, 6) is 0. The number of rotatable bonds is 0. The molecule has 0 saturated heterocycles. The van der Waals surface area contributed by atoms with Crippen molar-refractivity contribution in [2.24, 2.45) is 0 Å². The van der Waals surface area contributed by atoms with E-state index in [1.807, 2.05) is 0 Å². The lowest BCUT2D eigenvalue weighted by Crippen LogP contribution is -0.482. The van der Waals surface area contributed by atoms with E-state index in [0.29, 0.717) is 0 Å². The quantitative estimate of drug-likeness (QED) is 0.428. The predicted molar refractivity (Wildman–Crippen MR) is 35.1 cm³/mol. The molecule has 0 aliphatic heterocycles. The molecule has 0 fully saturated rings. The monoisotopic (exact) mass is 188 g/mol. The summed E-state index contributed by atoms with van der Waals surface area (Å²) in [6.07, 6.45) is 0. The molecule has 80 valence electrons. The maximum Gasteiger partial charge on any atom is -0.269 e. The summed E-state index contributed by atoms with van der Waals surface area (Å²) in [7, 11) is 0. The second-order valence-corrected chi connectivity index (χ2v) is 0. The number of hydrogen-bond donors (Lipinski definition) is 4.